The summed E-state index contributed by atoms with van der Waals surface area (Å²) in [5.41, 5.74) is -0.260. The number of rotatable bonds is 6. The second-order valence-electron chi connectivity index (χ2n) is 7.23. The summed E-state index contributed by atoms with van der Waals surface area (Å²) < 4.78 is 0. The van der Waals surface area contributed by atoms with Crippen molar-refractivity contribution >= 4 is 11.6 Å². The third-order valence-electron chi connectivity index (χ3n) is 4.98. The Morgan fingerprint density at radius 1 is 1.46 bits per heavy atom. The summed E-state index contributed by atoms with van der Waals surface area (Å²) in [4.78, 5) is 29.6. The average Bonchev–Trinajstić information content (AvgIpc) is 3.13. The standard InChI is InChI=1S/C16H26N4O4/c1-16(2,18(3)4)10-19(13-6-5-7-14(13)21)15(22)12-8-11(9-17-12)20(23)24/h8-9,13-14,17,21H,5-7,10H2,1-4H3/t13-,14+/m1/s1. The molecule has 2 rings (SSSR count). The van der Waals surface area contributed by atoms with Gasteiger partial charge in [0.2, 0.25) is 0 Å². The number of aromatic amines is 1. The molecule has 0 aliphatic heterocycles. The number of nitrogens with one attached hydrogen (secondary N) is 1. The number of aliphatic hydroxyl groups is 1. The number of carbonyl (C=O) groups excluding carboxylic acids is 1. The summed E-state index contributed by atoms with van der Waals surface area (Å²) in [5, 5.41) is 21.1. The summed E-state index contributed by atoms with van der Waals surface area (Å²) in [6, 6.07) is 0.985. The van der Waals surface area contributed by atoms with E-state index in [0.29, 0.717) is 13.0 Å². The second-order valence-corrected chi connectivity index (χ2v) is 7.23. The van der Waals surface area contributed by atoms with E-state index >= 15 is 0 Å². The summed E-state index contributed by atoms with van der Waals surface area (Å²) in [5.74, 6) is -0.316. The van der Waals surface area contributed by atoms with E-state index in [1.807, 2.05) is 32.8 Å². The third-order valence-corrected chi connectivity index (χ3v) is 4.98. The maximum absolute atomic E-state index is 13.0. The molecule has 0 unspecified atom stereocenters. The monoisotopic (exact) mass is 338 g/mol. The number of aliphatic hydroxyl groups excluding tert-OH is 1. The topological polar surface area (TPSA) is 103 Å². The molecule has 1 fully saturated rings. The highest BCUT2D eigenvalue weighted by Crippen LogP contribution is 2.28. The molecule has 134 valence electrons. The summed E-state index contributed by atoms with van der Waals surface area (Å²) in [6.07, 6.45) is 2.93. The van der Waals surface area contributed by atoms with Crippen LogP contribution in [0.4, 0.5) is 5.69 Å². The van der Waals surface area contributed by atoms with Gasteiger partial charge in [0.15, 0.2) is 0 Å². The first-order valence-electron chi connectivity index (χ1n) is 8.13. The Morgan fingerprint density at radius 3 is 2.58 bits per heavy atom. The molecule has 2 atom stereocenters. The van der Waals surface area contributed by atoms with Crippen molar-refractivity contribution < 1.29 is 14.8 Å². The molecule has 1 aromatic heterocycles. The first-order valence-corrected chi connectivity index (χ1v) is 8.13. The molecule has 1 saturated carbocycles. The molecule has 0 spiro atoms. The van der Waals surface area contributed by atoms with Crippen LogP contribution in [0.15, 0.2) is 12.3 Å². The lowest BCUT2D eigenvalue weighted by molar-refractivity contribution is -0.384. The van der Waals surface area contributed by atoms with Crippen LogP contribution in [0.3, 0.4) is 0 Å². The lowest BCUT2D eigenvalue weighted by Crippen LogP contribution is -2.55. The molecule has 0 radical (unpaired) electrons. The van der Waals surface area contributed by atoms with Gasteiger partial charge in [-0.15, -0.1) is 0 Å². The average molecular weight is 338 g/mol. The smallest absolute Gasteiger partial charge is 0.287 e. The fourth-order valence-electron chi connectivity index (χ4n) is 2.95. The number of hydrogen-bond acceptors (Lipinski definition) is 5. The van der Waals surface area contributed by atoms with Crippen molar-refractivity contribution in [2.45, 2.75) is 50.8 Å². The van der Waals surface area contributed by atoms with E-state index in [1.165, 1.54) is 12.3 Å². The van der Waals surface area contributed by atoms with Crippen LogP contribution in [0, 0.1) is 10.1 Å². The van der Waals surface area contributed by atoms with E-state index in [2.05, 4.69) is 4.98 Å². The minimum Gasteiger partial charge on any atom is -0.391 e. The van der Waals surface area contributed by atoms with E-state index < -0.39 is 11.0 Å². The zero-order valence-electron chi connectivity index (χ0n) is 14.7. The Morgan fingerprint density at radius 2 is 2.12 bits per heavy atom. The van der Waals surface area contributed by atoms with E-state index in [0.717, 1.165) is 12.8 Å². The maximum atomic E-state index is 13.0. The maximum Gasteiger partial charge on any atom is 0.287 e. The van der Waals surface area contributed by atoms with Gasteiger partial charge in [-0.1, -0.05) is 0 Å². The van der Waals surface area contributed by atoms with Gasteiger partial charge in [-0.05, 0) is 47.2 Å². The molecule has 8 nitrogen and oxygen atoms in total. The highest BCUT2D eigenvalue weighted by Gasteiger charge is 2.38. The number of amides is 1. The molecule has 24 heavy (non-hydrogen) atoms. The second kappa shape index (κ2) is 6.90. The van der Waals surface area contributed by atoms with Crippen molar-refractivity contribution in [3.8, 4) is 0 Å². The number of aromatic nitrogens is 1. The van der Waals surface area contributed by atoms with Crippen molar-refractivity contribution in [3.63, 3.8) is 0 Å². The molecular formula is C16H26N4O4. The zero-order chi connectivity index (χ0) is 18.1. The van der Waals surface area contributed by atoms with Crippen molar-refractivity contribution in [2.24, 2.45) is 0 Å². The molecule has 1 amide bonds. The predicted molar refractivity (Wildman–Crippen MR) is 89.9 cm³/mol. The number of hydrogen-bond donors (Lipinski definition) is 2. The molecule has 1 aliphatic rings. The number of nitro groups is 1. The van der Waals surface area contributed by atoms with Crippen LogP contribution in [-0.4, -0.2) is 69.0 Å². The summed E-state index contributed by atoms with van der Waals surface area (Å²) in [6.45, 7) is 4.46. The molecule has 2 N–H and O–H groups in total. The fraction of sp³-hybridized carbons (Fsp3) is 0.688. The zero-order valence-corrected chi connectivity index (χ0v) is 14.7. The quantitative estimate of drug-likeness (QED) is 0.606. The van der Waals surface area contributed by atoms with Gasteiger partial charge < -0.3 is 19.9 Å². The lowest BCUT2D eigenvalue weighted by atomic mass is 10.0. The molecule has 0 saturated heterocycles. The Kier molecular flexibility index (Phi) is 5.29. The van der Waals surface area contributed by atoms with E-state index in [-0.39, 0.29) is 28.9 Å². The molecule has 1 heterocycles. The number of carbonyl (C=O) groups is 1. The SMILES string of the molecule is CN(C)C(C)(C)CN(C(=O)c1cc([N+](=O)[O-])c[nH]1)[C@@H]1CCC[C@@H]1O. The normalized spacial score (nSPS) is 21.2. The summed E-state index contributed by atoms with van der Waals surface area (Å²) >= 11 is 0. The van der Waals surface area contributed by atoms with E-state index in [1.54, 1.807) is 4.90 Å². The van der Waals surface area contributed by atoms with Crippen LogP contribution in [0.2, 0.25) is 0 Å². The van der Waals surface area contributed by atoms with Gasteiger partial charge in [0, 0.05) is 18.2 Å². The molecule has 0 bridgehead atoms. The Balaban J connectivity index is 2.30. The van der Waals surface area contributed by atoms with Gasteiger partial charge in [0.25, 0.3) is 11.6 Å². The van der Waals surface area contributed by atoms with Gasteiger partial charge >= 0.3 is 0 Å². The fourth-order valence-corrected chi connectivity index (χ4v) is 2.95. The summed E-state index contributed by atoms with van der Waals surface area (Å²) in [7, 11) is 3.88. The number of likely N-dealkylation sites (N-methyl/N-ethyl adjacent to an activating group) is 1. The molecular weight excluding hydrogens is 312 g/mol. The highest BCUT2D eigenvalue weighted by atomic mass is 16.6. The van der Waals surface area contributed by atoms with Crippen LogP contribution >= 0.6 is 0 Å². The van der Waals surface area contributed by atoms with Crippen LogP contribution in [0.5, 0.6) is 0 Å². The van der Waals surface area contributed by atoms with Crippen LogP contribution in [-0.2, 0) is 0 Å². The Labute approximate surface area is 141 Å². The first kappa shape index (κ1) is 18.4. The first-order chi connectivity index (χ1) is 11.1. The van der Waals surface area contributed by atoms with E-state index in [9.17, 15) is 20.0 Å². The van der Waals surface area contributed by atoms with Crippen LogP contribution < -0.4 is 0 Å². The van der Waals surface area contributed by atoms with E-state index in [4.69, 9.17) is 0 Å². The number of nitrogens with zero attached hydrogens (tertiary/aromatic N) is 3. The molecule has 8 heteroatoms. The number of H-pyrrole nitrogens is 1. The third kappa shape index (κ3) is 3.76. The minimum absolute atomic E-state index is 0.142. The molecule has 1 aliphatic carbocycles. The van der Waals surface area contributed by atoms with Gasteiger partial charge in [0.1, 0.15) is 5.69 Å². The van der Waals surface area contributed by atoms with Gasteiger partial charge in [-0.3, -0.25) is 14.9 Å². The van der Waals surface area contributed by atoms with Crippen molar-refractivity contribution in [2.75, 3.05) is 20.6 Å². The van der Waals surface area contributed by atoms with Crippen molar-refractivity contribution in [1.82, 2.24) is 14.8 Å². The van der Waals surface area contributed by atoms with Crippen molar-refractivity contribution in [1.29, 1.82) is 0 Å². The minimum atomic E-state index is -0.558. The highest BCUT2D eigenvalue weighted by molar-refractivity contribution is 5.93. The van der Waals surface area contributed by atoms with Gasteiger partial charge in [0.05, 0.1) is 23.3 Å². The molecule has 1 aromatic rings. The van der Waals surface area contributed by atoms with Crippen LogP contribution in [0.25, 0.3) is 0 Å². The largest absolute Gasteiger partial charge is 0.391 e. The Hall–Kier alpha value is -1.93. The van der Waals surface area contributed by atoms with Gasteiger partial charge in [-0.2, -0.15) is 0 Å². The van der Waals surface area contributed by atoms with Crippen molar-refractivity contribution in [3.05, 3.63) is 28.1 Å². The van der Waals surface area contributed by atoms with Crippen LogP contribution in [0.1, 0.15) is 43.6 Å². The van der Waals surface area contributed by atoms with Gasteiger partial charge in [-0.25, -0.2) is 0 Å². The predicted octanol–water partition coefficient (Wildman–Crippen LogP) is 1.62. The molecule has 0 aromatic carbocycles. The Bertz CT molecular complexity index is 611. The lowest BCUT2D eigenvalue weighted by Gasteiger charge is -2.41.